The quantitative estimate of drug-likeness (QED) is 0.796. The highest BCUT2D eigenvalue weighted by Gasteiger charge is 2.26. The number of rotatable bonds is 6. The van der Waals surface area contributed by atoms with Crippen LogP contribution in [0.25, 0.3) is 0 Å². The van der Waals surface area contributed by atoms with Crippen LogP contribution in [0.3, 0.4) is 0 Å². The molecule has 0 fully saturated rings. The molecule has 106 valence electrons. The molecule has 18 heavy (non-hydrogen) atoms. The monoisotopic (exact) mass is 257 g/mol. The second kappa shape index (κ2) is 6.76. The van der Waals surface area contributed by atoms with Crippen LogP contribution in [0.2, 0.25) is 0 Å². The van der Waals surface area contributed by atoms with E-state index in [4.69, 9.17) is 5.11 Å². The molecule has 0 rings (SSSR count). The Balaban J connectivity index is 4.44. The van der Waals surface area contributed by atoms with E-state index in [2.05, 4.69) is 20.8 Å². The first kappa shape index (κ1) is 16.9. The van der Waals surface area contributed by atoms with Crippen LogP contribution in [0.4, 0.5) is 0 Å². The molecule has 0 aliphatic rings. The van der Waals surface area contributed by atoms with Gasteiger partial charge in [-0.2, -0.15) is 0 Å². The second-order valence-electron chi connectivity index (χ2n) is 6.34. The fraction of sp³-hybridized carbons (Fsp3) is 0.857. The summed E-state index contributed by atoms with van der Waals surface area (Å²) >= 11 is 0. The number of carbonyl (C=O) groups is 2. The van der Waals surface area contributed by atoms with Crippen LogP contribution in [0, 0.1) is 11.3 Å². The first-order valence-electron chi connectivity index (χ1n) is 6.57. The summed E-state index contributed by atoms with van der Waals surface area (Å²) in [5.41, 5.74) is 0.190. The predicted octanol–water partition coefficient (Wildman–Crippen LogP) is 2.77. The second-order valence-corrected chi connectivity index (χ2v) is 6.34. The summed E-state index contributed by atoms with van der Waals surface area (Å²) in [5, 5.41) is 9.02. The Morgan fingerprint density at radius 1 is 1.28 bits per heavy atom. The smallest absolute Gasteiger partial charge is 0.326 e. The summed E-state index contributed by atoms with van der Waals surface area (Å²) in [6, 6.07) is -0.709. The van der Waals surface area contributed by atoms with Gasteiger partial charge in [0.25, 0.3) is 0 Å². The van der Waals surface area contributed by atoms with Crippen molar-refractivity contribution in [2.24, 2.45) is 11.3 Å². The summed E-state index contributed by atoms with van der Waals surface area (Å²) in [6.07, 6.45) is 1.80. The Morgan fingerprint density at radius 3 is 2.11 bits per heavy atom. The van der Waals surface area contributed by atoms with E-state index >= 15 is 0 Å². The van der Waals surface area contributed by atoms with Crippen LogP contribution < -0.4 is 0 Å². The van der Waals surface area contributed by atoms with Crippen molar-refractivity contribution < 1.29 is 14.7 Å². The molecule has 1 N–H and O–H groups in total. The lowest BCUT2D eigenvalue weighted by atomic mass is 9.84. The Bertz CT molecular complexity index is 294. The van der Waals surface area contributed by atoms with Crippen molar-refractivity contribution >= 4 is 11.9 Å². The van der Waals surface area contributed by atoms with Gasteiger partial charge in [-0.1, -0.05) is 34.6 Å². The topological polar surface area (TPSA) is 57.6 Å². The summed E-state index contributed by atoms with van der Waals surface area (Å²) < 4.78 is 0. The predicted molar refractivity (Wildman–Crippen MR) is 72.3 cm³/mol. The molecule has 4 heteroatoms. The number of aliphatic carboxylic acids is 1. The van der Waals surface area contributed by atoms with Crippen molar-refractivity contribution in [3.05, 3.63) is 0 Å². The van der Waals surface area contributed by atoms with E-state index < -0.39 is 12.0 Å². The van der Waals surface area contributed by atoms with Gasteiger partial charge in [0, 0.05) is 13.5 Å². The van der Waals surface area contributed by atoms with Gasteiger partial charge in [0.15, 0.2) is 0 Å². The normalized spacial score (nSPS) is 15.0. The number of nitrogens with zero attached hydrogens (tertiary/aromatic N) is 1. The van der Waals surface area contributed by atoms with E-state index in [9.17, 15) is 9.59 Å². The highest BCUT2D eigenvalue weighted by molar-refractivity contribution is 5.83. The molecule has 0 heterocycles. The third kappa shape index (κ3) is 6.03. The maximum absolute atomic E-state index is 12.0. The molecule has 0 aromatic rings. The van der Waals surface area contributed by atoms with Crippen LogP contribution in [0.5, 0.6) is 0 Å². The molecule has 2 unspecified atom stereocenters. The molecule has 1 amide bonds. The first-order chi connectivity index (χ1) is 8.08. The molecular formula is C14H27NO3. The highest BCUT2D eigenvalue weighted by Crippen LogP contribution is 2.26. The minimum Gasteiger partial charge on any atom is -0.480 e. The molecule has 0 aliphatic carbocycles. The van der Waals surface area contributed by atoms with Gasteiger partial charge in [0.2, 0.25) is 5.91 Å². The lowest BCUT2D eigenvalue weighted by molar-refractivity contribution is -0.149. The van der Waals surface area contributed by atoms with Crippen LogP contribution in [-0.2, 0) is 9.59 Å². The van der Waals surface area contributed by atoms with Crippen molar-refractivity contribution in [3.63, 3.8) is 0 Å². The fourth-order valence-corrected chi connectivity index (χ4v) is 2.35. The molecule has 0 aromatic heterocycles. The lowest BCUT2D eigenvalue weighted by Gasteiger charge is -2.27. The number of hydrogen-bond donors (Lipinski definition) is 1. The van der Waals surface area contributed by atoms with Crippen molar-refractivity contribution in [1.29, 1.82) is 0 Å². The van der Waals surface area contributed by atoms with E-state index in [1.165, 1.54) is 4.90 Å². The van der Waals surface area contributed by atoms with Gasteiger partial charge in [-0.3, -0.25) is 4.79 Å². The van der Waals surface area contributed by atoms with Gasteiger partial charge in [-0.15, -0.1) is 0 Å². The van der Waals surface area contributed by atoms with E-state index in [0.717, 1.165) is 6.42 Å². The van der Waals surface area contributed by atoms with Crippen molar-refractivity contribution in [1.82, 2.24) is 4.90 Å². The highest BCUT2D eigenvalue weighted by atomic mass is 16.4. The molecule has 0 aromatic carbocycles. The molecule has 0 saturated heterocycles. The minimum atomic E-state index is -0.933. The fourth-order valence-electron chi connectivity index (χ4n) is 2.35. The molecule has 0 bridgehead atoms. The van der Waals surface area contributed by atoms with Gasteiger partial charge in [0.05, 0.1) is 0 Å². The number of carbonyl (C=O) groups excluding carboxylic acids is 1. The SMILES string of the molecule is CCC(C(=O)O)N(C)C(=O)CC(C)CC(C)(C)C. The van der Waals surface area contributed by atoms with Gasteiger partial charge in [0.1, 0.15) is 6.04 Å². The van der Waals surface area contributed by atoms with E-state index in [1.807, 2.05) is 6.92 Å². The summed E-state index contributed by atoms with van der Waals surface area (Å²) in [5.74, 6) is -0.746. The Labute approximate surface area is 110 Å². The average Bonchev–Trinajstić information content (AvgIpc) is 2.14. The Kier molecular flexibility index (Phi) is 6.36. The zero-order valence-corrected chi connectivity index (χ0v) is 12.5. The molecule has 0 spiro atoms. The van der Waals surface area contributed by atoms with Crippen molar-refractivity contribution in [2.75, 3.05) is 7.05 Å². The molecule has 0 radical (unpaired) electrons. The van der Waals surface area contributed by atoms with E-state index in [1.54, 1.807) is 14.0 Å². The van der Waals surface area contributed by atoms with Gasteiger partial charge < -0.3 is 10.0 Å². The zero-order chi connectivity index (χ0) is 14.5. The molecule has 0 saturated carbocycles. The van der Waals surface area contributed by atoms with Crippen LogP contribution in [0.1, 0.15) is 53.9 Å². The average molecular weight is 257 g/mol. The maximum Gasteiger partial charge on any atom is 0.326 e. The number of amides is 1. The maximum atomic E-state index is 12.0. The number of carboxylic acids is 1. The Morgan fingerprint density at radius 2 is 1.78 bits per heavy atom. The van der Waals surface area contributed by atoms with Crippen molar-refractivity contribution in [2.45, 2.75) is 59.9 Å². The van der Waals surface area contributed by atoms with Crippen LogP contribution in [-0.4, -0.2) is 35.0 Å². The van der Waals surface area contributed by atoms with Crippen molar-refractivity contribution in [3.8, 4) is 0 Å². The largest absolute Gasteiger partial charge is 0.480 e. The summed E-state index contributed by atoms with van der Waals surface area (Å²) in [7, 11) is 1.58. The third-order valence-electron chi connectivity index (χ3n) is 3.02. The van der Waals surface area contributed by atoms with Gasteiger partial charge in [-0.05, 0) is 24.2 Å². The van der Waals surface area contributed by atoms with Crippen LogP contribution >= 0.6 is 0 Å². The van der Waals surface area contributed by atoms with E-state index in [0.29, 0.717) is 12.8 Å². The Hall–Kier alpha value is -1.06. The summed E-state index contributed by atoms with van der Waals surface area (Å²) in [6.45, 7) is 10.2. The molecule has 4 nitrogen and oxygen atoms in total. The third-order valence-corrected chi connectivity index (χ3v) is 3.02. The van der Waals surface area contributed by atoms with Gasteiger partial charge in [-0.25, -0.2) is 4.79 Å². The number of hydrogen-bond acceptors (Lipinski definition) is 2. The standard InChI is InChI=1S/C14H27NO3/c1-7-11(13(17)18)15(6)12(16)8-10(2)9-14(3,4)5/h10-11H,7-9H2,1-6H3,(H,17,18). The molecular weight excluding hydrogens is 230 g/mol. The summed E-state index contributed by atoms with van der Waals surface area (Å²) in [4.78, 5) is 24.4. The molecule has 0 aliphatic heterocycles. The lowest BCUT2D eigenvalue weighted by Crippen LogP contribution is -2.42. The number of carboxylic acid groups (broad SMARTS) is 1. The van der Waals surface area contributed by atoms with Gasteiger partial charge >= 0.3 is 5.97 Å². The minimum absolute atomic E-state index is 0.0824. The van der Waals surface area contributed by atoms with E-state index in [-0.39, 0.29) is 17.2 Å². The van der Waals surface area contributed by atoms with Crippen LogP contribution in [0.15, 0.2) is 0 Å². The first-order valence-corrected chi connectivity index (χ1v) is 6.57. The zero-order valence-electron chi connectivity index (χ0n) is 12.5. The molecule has 2 atom stereocenters. The number of likely N-dealkylation sites (N-methyl/N-ethyl adjacent to an activating group) is 1.